The predicted octanol–water partition coefficient (Wildman–Crippen LogP) is 3.13. The highest BCUT2D eigenvalue weighted by Gasteiger charge is 2.21. The molecule has 6 nitrogen and oxygen atoms in total. The quantitative estimate of drug-likeness (QED) is 0.521. The Bertz CT molecular complexity index is 1000. The normalized spacial score (nSPS) is 10.5. The van der Waals surface area contributed by atoms with Crippen molar-refractivity contribution in [2.45, 2.75) is 6.92 Å². The lowest BCUT2D eigenvalue weighted by molar-refractivity contribution is 0.0527. The number of hydrogen-bond donors (Lipinski definition) is 0. The minimum Gasteiger partial charge on any atom is -0.465 e. The number of ketones is 1. The van der Waals surface area contributed by atoms with Gasteiger partial charge in [-0.1, -0.05) is 18.2 Å². The molecule has 0 aliphatic heterocycles. The summed E-state index contributed by atoms with van der Waals surface area (Å²) in [7, 11) is 1.28. The SMILES string of the molecule is CCOC(=O)c1cc(C(=O)c2cccc(C(=O)OC)c2)n2ccccc12. The van der Waals surface area contributed by atoms with E-state index >= 15 is 0 Å². The fourth-order valence-electron chi connectivity index (χ4n) is 2.75. The number of nitrogens with zero attached hydrogens (tertiary/aromatic N) is 1. The molecular formula is C20H17NO5. The summed E-state index contributed by atoms with van der Waals surface area (Å²) in [5, 5.41) is 0. The third-order valence-electron chi connectivity index (χ3n) is 3.95. The van der Waals surface area contributed by atoms with Crippen molar-refractivity contribution >= 4 is 23.2 Å². The highest BCUT2D eigenvalue weighted by atomic mass is 16.5. The van der Waals surface area contributed by atoms with E-state index in [1.54, 1.807) is 53.9 Å². The van der Waals surface area contributed by atoms with Gasteiger partial charge < -0.3 is 13.9 Å². The van der Waals surface area contributed by atoms with Crippen LogP contribution < -0.4 is 0 Å². The number of carbonyl (C=O) groups is 3. The fraction of sp³-hybridized carbons (Fsp3) is 0.150. The predicted molar refractivity (Wildman–Crippen MR) is 94.6 cm³/mol. The monoisotopic (exact) mass is 351 g/mol. The van der Waals surface area contributed by atoms with Crippen LogP contribution in [0.1, 0.15) is 43.7 Å². The van der Waals surface area contributed by atoms with Crippen molar-refractivity contribution in [3.63, 3.8) is 0 Å². The Kier molecular flexibility index (Phi) is 4.84. The molecule has 3 rings (SSSR count). The molecule has 0 aliphatic rings. The number of hydrogen-bond acceptors (Lipinski definition) is 5. The van der Waals surface area contributed by atoms with E-state index in [4.69, 9.17) is 9.47 Å². The van der Waals surface area contributed by atoms with E-state index in [1.165, 1.54) is 19.2 Å². The lowest BCUT2D eigenvalue weighted by Gasteiger charge is -2.04. The van der Waals surface area contributed by atoms with Gasteiger partial charge >= 0.3 is 11.9 Å². The van der Waals surface area contributed by atoms with Crippen LogP contribution in [0.3, 0.4) is 0 Å². The van der Waals surface area contributed by atoms with Gasteiger partial charge in [0.05, 0.1) is 36.1 Å². The maximum absolute atomic E-state index is 13.0. The van der Waals surface area contributed by atoms with Crippen molar-refractivity contribution in [2.75, 3.05) is 13.7 Å². The van der Waals surface area contributed by atoms with Crippen LogP contribution in [0.4, 0.5) is 0 Å². The Balaban J connectivity index is 2.09. The van der Waals surface area contributed by atoms with Crippen LogP contribution in [0.15, 0.2) is 54.7 Å². The maximum atomic E-state index is 13.0. The van der Waals surface area contributed by atoms with Gasteiger partial charge in [0.15, 0.2) is 0 Å². The molecule has 0 unspecified atom stereocenters. The van der Waals surface area contributed by atoms with Gasteiger partial charge in [0.2, 0.25) is 5.78 Å². The molecule has 26 heavy (non-hydrogen) atoms. The molecule has 0 saturated carbocycles. The summed E-state index contributed by atoms with van der Waals surface area (Å²) in [5.41, 5.74) is 1.82. The molecule has 3 aromatic rings. The van der Waals surface area contributed by atoms with Crippen LogP contribution in [-0.4, -0.2) is 35.8 Å². The second-order valence-corrected chi connectivity index (χ2v) is 5.52. The molecule has 2 heterocycles. The molecule has 0 spiro atoms. The van der Waals surface area contributed by atoms with E-state index in [0.29, 0.717) is 22.3 Å². The van der Waals surface area contributed by atoms with E-state index in [9.17, 15) is 14.4 Å². The number of carbonyl (C=O) groups excluding carboxylic acids is 3. The third-order valence-corrected chi connectivity index (χ3v) is 3.95. The van der Waals surface area contributed by atoms with Gasteiger partial charge in [-0.25, -0.2) is 9.59 Å². The number of methoxy groups -OCH3 is 1. The van der Waals surface area contributed by atoms with E-state index in [0.717, 1.165) is 0 Å². The standard InChI is InChI=1S/C20H17NO5/c1-3-26-20(24)15-12-17(21-10-5-4-9-16(15)21)18(22)13-7-6-8-14(11-13)19(23)25-2/h4-12H,3H2,1-2H3. The first-order valence-corrected chi connectivity index (χ1v) is 8.07. The number of ether oxygens (including phenoxy) is 2. The Labute approximate surface area is 150 Å². The van der Waals surface area contributed by atoms with Gasteiger partial charge in [0.25, 0.3) is 0 Å². The summed E-state index contributed by atoms with van der Waals surface area (Å²) in [5.74, 6) is -1.32. The first-order valence-electron chi connectivity index (χ1n) is 8.07. The fourth-order valence-corrected chi connectivity index (χ4v) is 2.75. The van der Waals surface area contributed by atoms with Gasteiger partial charge in [-0.15, -0.1) is 0 Å². The Morgan fingerprint density at radius 3 is 2.46 bits per heavy atom. The van der Waals surface area contributed by atoms with E-state index in [2.05, 4.69) is 0 Å². The highest BCUT2D eigenvalue weighted by molar-refractivity contribution is 6.12. The van der Waals surface area contributed by atoms with E-state index < -0.39 is 11.9 Å². The van der Waals surface area contributed by atoms with Crippen LogP contribution in [0, 0.1) is 0 Å². The summed E-state index contributed by atoms with van der Waals surface area (Å²) in [6.45, 7) is 1.97. The molecule has 0 amide bonds. The largest absolute Gasteiger partial charge is 0.465 e. The zero-order valence-electron chi connectivity index (χ0n) is 14.4. The van der Waals surface area contributed by atoms with Gasteiger partial charge in [0.1, 0.15) is 0 Å². The average molecular weight is 351 g/mol. The number of fused-ring (bicyclic) bond motifs is 1. The molecule has 0 fully saturated rings. The van der Waals surface area contributed by atoms with Crippen LogP contribution in [0.25, 0.3) is 5.52 Å². The minimum atomic E-state index is -0.521. The van der Waals surface area contributed by atoms with Crippen LogP contribution >= 0.6 is 0 Å². The molecule has 0 N–H and O–H groups in total. The molecular weight excluding hydrogens is 334 g/mol. The first-order chi connectivity index (χ1) is 12.6. The minimum absolute atomic E-state index is 0.244. The van der Waals surface area contributed by atoms with Gasteiger partial charge in [-0.2, -0.15) is 0 Å². The van der Waals surface area contributed by atoms with Crippen molar-refractivity contribution in [3.05, 3.63) is 77.1 Å². The molecule has 0 atom stereocenters. The number of aromatic nitrogens is 1. The summed E-state index contributed by atoms with van der Waals surface area (Å²) in [4.78, 5) is 36.9. The number of benzene rings is 1. The van der Waals surface area contributed by atoms with Crippen LogP contribution in [-0.2, 0) is 9.47 Å². The summed E-state index contributed by atoms with van der Waals surface area (Å²) in [6.07, 6.45) is 1.70. The Hall–Kier alpha value is -3.41. The average Bonchev–Trinajstić information content (AvgIpc) is 3.07. The molecule has 132 valence electrons. The zero-order valence-corrected chi connectivity index (χ0v) is 14.4. The smallest absolute Gasteiger partial charge is 0.340 e. The van der Waals surface area contributed by atoms with Crippen molar-refractivity contribution in [1.29, 1.82) is 0 Å². The molecule has 0 saturated heterocycles. The van der Waals surface area contributed by atoms with Gasteiger partial charge in [0, 0.05) is 11.8 Å². The first kappa shape index (κ1) is 17.4. The van der Waals surface area contributed by atoms with Crippen molar-refractivity contribution in [3.8, 4) is 0 Å². The lowest BCUT2D eigenvalue weighted by atomic mass is 10.0. The second kappa shape index (κ2) is 7.23. The Morgan fingerprint density at radius 2 is 1.73 bits per heavy atom. The van der Waals surface area contributed by atoms with E-state index in [-0.39, 0.29) is 18.0 Å². The number of rotatable bonds is 5. The molecule has 2 aromatic heterocycles. The van der Waals surface area contributed by atoms with E-state index in [1.807, 2.05) is 0 Å². The maximum Gasteiger partial charge on any atom is 0.340 e. The molecule has 0 aliphatic carbocycles. The number of esters is 2. The highest BCUT2D eigenvalue weighted by Crippen LogP contribution is 2.21. The summed E-state index contributed by atoms with van der Waals surface area (Å²) in [6, 6.07) is 13.1. The number of pyridine rings is 1. The van der Waals surface area contributed by atoms with Crippen molar-refractivity contribution in [2.24, 2.45) is 0 Å². The molecule has 6 heteroatoms. The third kappa shape index (κ3) is 3.09. The van der Waals surface area contributed by atoms with Crippen molar-refractivity contribution in [1.82, 2.24) is 4.40 Å². The molecule has 0 radical (unpaired) electrons. The molecule has 0 bridgehead atoms. The second-order valence-electron chi connectivity index (χ2n) is 5.52. The Morgan fingerprint density at radius 1 is 0.962 bits per heavy atom. The summed E-state index contributed by atoms with van der Waals surface area (Å²) < 4.78 is 11.4. The van der Waals surface area contributed by atoms with Gasteiger partial charge in [-0.3, -0.25) is 4.79 Å². The topological polar surface area (TPSA) is 74.1 Å². The summed E-state index contributed by atoms with van der Waals surface area (Å²) >= 11 is 0. The van der Waals surface area contributed by atoms with Crippen molar-refractivity contribution < 1.29 is 23.9 Å². The van der Waals surface area contributed by atoms with Gasteiger partial charge in [-0.05, 0) is 37.3 Å². The molecule has 1 aromatic carbocycles. The lowest BCUT2D eigenvalue weighted by Crippen LogP contribution is -2.07. The van der Waals surface area contributed by atoms with Crippen LogP contribution in [0.2, 0.25) is 0 Å². The van der Waals surface area contributed by atoms with Crippen LogP contribution in [0.5, 0.6) is 0 Å². The zero-order chi connectivity index (χ0) is 18.7.